The largest absolute Gasteiger partial charge is 0.481 e. The Morgan fingerprint density at radius 3 is 1.84 bits per heavy atom. The van der Waals surface area contributed by atoms with Gasteiger partial charge in [0.25, 0.3) is 0 Å². The Bertz CT molecular complexity index is 477. The van der Waals surface area contributed by atoms with Crippen LogP contribution in [0, 0.1) is 17.8 Å². The molecule has 0 spiro atoms. The van der Waals surface area contributed by atoms with Gasteiger partial charge in [0.05, 0.1) is 5.92 Å². The van der Waals surface area contributed by atoms with Crippen molar-refractivity contribution in [1.29, 1.82) is 0 Å². The predicted molar refractivity (Wildman–Crippen MR) is 132 cm³/mol. The summed E-state index contributed by atoms with van der Waals surface area (Å²) >= 11 is 0. The van der Waals surface area contributed by atoms with Gasteiger partial charge in [0.1, 0.15) is 0 Å². The van der Waals surface area contributed by atoms with Gasteiger partial charge in [-0.2, -0.15) is 0 Å². The van der Waals surface area contributed by atoms with Crippen LogP contribution in [0.2, 0.25) is 0 Å². The molecule has 0 aromatic rings. The van der Waals surface area contributed by atoms with Crippen LogP contribution < -0.4 is 0 Å². The molecule has 1 amide bonds. The van der Waals surface area contributed by atoms with Gasteiger partial charge in [-0.25, -0.2) is 0 Å². The summed E-state index contributed by atoms with van der Waals surface area (Å²) in [6, 6.07) is 0. The maximum atomic E-state index is 13.3. The molecule has 0 heterocycles. The number of unbranched alkanes of at least 4 members (excludes halogenated alkanes) is 8. The number of carbonyl (C=O) groups is 2. The van der Waals surface area contributed by atoms with Crippen molar-refractivity contribution >= 4 is 11.9 Å². The van der Waals surface area contributed by atoms with Crippen molar-refractivity contribution in [3.8, 4) is 0 Å². The van der Waals surface area contributed by atoms with Gasteiger partial charge >= 0.3 is 5.97 Å². The molecule has 0 saturated heterocycles. The number of carbonyl (C=O) groups excluding carboxylic acids is 1. The third-order valence-corrected chi connectivity index (χ3v) is 6.35. The Balaban J connectivity index is 4.77. The molecule has 4 heteroatoms. The van der Waals surface area contributed by atoms with E-state index >= 15 is 0 Å². The molecule has 4 nitrogen and oxygen atoms in total. The summed E-state index contributed by atoms with van der Waals surface area (Å²) in [4.78, 5) is 26.5. The monoisotopic (exact) mass is 437 g/mol. The molecule has 0 bridgehead atoms. The molecule has 0 rings (SSSR count). The Morgan fingerprint density at radius 2 is 1.35 bits per heavy atom. The fourth-order valence-electron chi connectivity index (χ4n) is 3.74. The summed E-state index contributed by atoms with van der Waals surface area (Å²) in [6.07, 6.45) is 17.9. The van der Waals surface area contributed by atoms with Crippen LogP contribution in [-0.4, -0.2) is 35.0 Å². The van der Waals surface area contributed by atoms with E-state index in [1.165, 1.54) is 44.9 Å². The Kier molecular flexibility index (Phi) is 18.5. The fraction of sp³-hybridized carbons (Fsp3) is 0.852. The number of amides is 1. The predicted octanol–water partition coefficient (Wildman–Crippen LogP) is 7.48. The lowest BCUT2D eigenvalue weighted by atomic mass is 9.97. The number of aliphatic carboxylic acids is 1. The quantitative estimate of drug-likeness (QED) is 0.159. The van der Waals surface area contributed by atoms with E-state index in [1.54, 1.807) is 0 Å². The molecular formula is C27H51NO3. The minimum atomic E-state index is -0.829. The van der Waals surface area contributed by atoms with Gasteiger partial charge in [0, 0.05) is 19.5 Å². The number of rotatable bonds is 20. The molecule has 0 aliphatic heterocycles. The van der Waals surface area contributed by atoms with E-state index in [2.05, 4.69) is 40.7 Å². The van der Waals surface area contributed by atoms with Gasteiger partial charge in [-0.1, -0.05) is 105 Å². The highest BCUT2D eigenvalue weighted by molar-refractivity contribution is 5.81. The molecule has 0 aromatic heterocycles. The third-order valence-electron chi connectivity index (χ3n) is 6.35. The number of nitrogens with zero attached hydrogens (tertiary/aromatic N) is 1. The number of hydrogen-bond acceptors (Lipinski definition) is 2. The van der Waals surface area contributed by atoms with Gasteiger partial charge in [-0.05, 0) is 31.1 Å². The first kappa shape index (κ1) is 29.7. The van der Waals surface area contributed by atoms with E-state index in [1.807, 2.05) is 11.0 Å². The highest BCUT2D eigenvalue weighted by atomic mass is 16.4. The van der Waals surface area contributed by atoms with Crippen LogP contribution in [0.5, 0.6) is 0 Å². The minimum Gasteiger partial charge on any atom is -0.481 e. The van der Waals surface area contributed by atoms with Crippen molar-refractivity contribution in [3.63, 3.8) is 0 Å². The fourth-order valence-corrected chi connectivity index (χ4v) is 3.74. The molecule has 0 radical (unpaired) electrons. The second kappa shape index (κ2) is 19.4. The zero-order chi connectivity index (χ0) is 23.5. The van der Waals surface area contributed by atoms with Crippen molar-refractivity contribution in [2.45, 2.75) is 118 Å². The summed E-state index contributed by atoms with van der Waals surface area (Å²) in [7, 11) is 0. The summed E-state index contributed by atoms with van der Waals surface area (Å²) in [5.41, 5.74) is 0. The van der Waals surface area contributed by atoms with E-state index in [4.69, 9.17) is 5.11 Å². The molecule has 0 aromatic carbocycles. The van der Waals surface area contributed by atoms with Gasteiger partial charge < -0.3 is 10.0 Å². The van der Waals surface area contributed by atoms with Crippen LogP contribution in [-0.2, 0) is 9.59 Å². The van der Waals surface area contributed by atoms with Crippen LogP contribution in [0.4, 0.5) is 0 Å². The van der Waals surface area contributed by atoms with E-state index in [9.17, 15) is 9.59 Å². The van der Waals surface area contributed by atoms with Crippen molar-refractivity contribution in [2.24, 2.45) is 17.8 Å². The first-order valence-corrected chi connectivity index (χ1v) is 13.0. The topological polar surface area (TPSA) is 57.6 Å². The van der Waals surface area contributed by atoms with Crippen molar-refractivity contribution in [1.82, 2.24) is 4.90 Å². The lowest BCUT2D eigenvalue weighted by Crippen LogP contribution is -2.41. The zero-order valence-corrected chi connectivity index (χ0v) is 21.2. The molecular weight excluding hydrogens is 386 g/mol. The molecule has 0 saturated carbocycles. The average Bonchev–Trinajstić information content (AvgIpc) is 2.75. The number of hydrogen-bond donors (Lipinski definition) is 1. The lowest BCUT2D eigenvalue weighted by molar-refractivity contribution is -0.138. The SMILES string of the molecule is CCCCCCCCCC/C=C\C(CCC(=O)O)C(=O)N(CC(C)CC)CC(C)CC. The first-order valence-electron chi connectivity index (χ1n) is 13.0. The summed E-state index contributed by atoms with van der Waals surface area (Å²) in [6.45, 7) is 12.4. The Hall–Kier alpha value is -1.32. The third kappa shape index (κ3) is 16.0. The van der Waals surface area contributed by atoms with Crippen LogP contribution in [0.3, 0.4) is 0 Å². The van der Waals surface area contributed by atoms with E-state index < -0.39 is 5.97 Å². The van der Waals surface area contributed by atoms with Crippen LogP contribution >= 0.6 is 0 Å². The standard InChI is InChI=1S/C27H51NO3/c1-6-9-10-11-12-13-14-15-16-17-18-25(19-20-26(29)30)27(31)28(21-23(4)7-2)22-24(5)8-3/h17-18,23-25H,6-16,19-22H2,1-5H3,(H,29,30)/b18-17-. The molecule has 0 fully saturated rings. The molecule has 1 N–H and O–H groups in total. The zero-order valence-electron chi connectivity index (χ0n) is 21.2. The van der Waals surface area contributed by atoms with E-state index in [0.29, 0.717) is 18.3 Å². The normalized spacial score (nSPS) is 14.5. The molecule has 0 aliphatic carbocycles. The van der Waals surface area contributed by atoms with Gasteiger partial charge in [-0.15, -0.1) is 0 Å². The van der Waals surface area contributed by atoms with E-state index in [0.717, 1.165) is 38.8 Å². The molecule has 3 unspecified atom stereocenters. The van der Waals surface area contributed by atoms with Gasteiger partial charge in [0.15, 0.2) is 0 Å². The Morgan fingerprint density at radius 1 is 0.839 bits per heavy atom. The smallest absolute Gasteiger partial charge is 0.303 e. The maximum Gasteiger partial charge on any atom is 0.303 e. The second-order valence-corrected chi connectivity index (χ2v) is 9.50. The van der Waals surface area contributed by atoms with Gasteiger partial charge in [-0.3, -0.25) is 9.59 Å². The first-order chi connectivity index (χ1) is 14.8. The summed E-state index contributed by atoms with van der Waals surface area (Å²) in [5.74, 6) is -0.138. The Labute approximate surface area is 192 Å². The van der Waals surface area contributed by atoms with Crippen molar-refractivity contribution < 1.29 is 14.7 Å². The average molecular weight is 438 g/mol. The molecule has 31 heavy (non-hydrogen) atoms. The van der Waals surface area contributed by atoms with Crippen molar-refractivity contribution in [3.05, 3.63) is 12.2 Å². The van der Waals surface area contributed by atoms with Crippen LogP contribution in [0.1, 0.15) is 118 Å². The minimum absolute atomic E-state index is 0.0407. The second-order valence-electron chi connectivity index (χ2n) is 9.50. The lowest BCUT2D eigenvalue weighted by Gasteiger charge is -2.30. The summed E-state index contributed by atoms with van der Waals surface area (Å²) < 4.78 is 0. The highest BCUT2D eigenvalue weighted by Gasteiger charge is 2.25. The molecule has 3 atom stereocenters. The summed E-state index contributed by atoms with van der Waals surface area (Å²) in [5, 5.41) is 9.15. The van der Waals surface area contributed by atoms with E-state index in [-0.39, 0.29) is 18.2 Å². The molecule has 182 valence electrons. The molecule has 0 aliphatic rings. The number of carboxylic acids is 1. The van der Waals surface area contributed by atoms with Gasteiger partial charge in [0.2, 0.25) is 5.91 Å². The maximum absolute atomic E-state index is 13.3. The van der Waals surface area contributed by atoms with Crippen molar-refractivity contribution in [2.75, 3.05) is 13.1 Å². The highest BCUT2D eigenvalue weighted by Crippen LogP contribution is 2.18. The number of carboxylic acid groups (broad SMARTS) is 1. The van der Waals surface area contributed by atoms with Crippen LogP contribution in [0.15, 0.2) is 12.2 Å². The number of allylic oxidation sites excluding steroid dienone is 1. The van der Waals surface area contributed by atoms with Crippen LogP contribution in [0.25, 0.3) is 0 Å².